The fourth-order valence-corrected chi connectivity index (χ4v) is 3.73. The summed E-state index contributed by atoms with van der Waals surface area (Å²) in [6.07, 6.45) is 7.02. The molecule has 1 aromatic rings. The van der Waals surface area contributed by atoms with Crippen molar-refractivity contribution in [3.8, 4) is 0 Å². The van der Waals surface area contributed by atoms with Gasteiger partial charge in [0.15, 0.2) is 11.0 Å². The van der Waals surface area contributed by atoms with E-state index in [1.165, 1.54) is 38.6 Å². The lowest BCUT2D eigenvalue weighted by molar-refractivity contribution is 0.160. The zero-order valence-corrected chi connectivity index (χ0v) is 14.7. The molecule has 7 heteroatoms. The molecule has 1 aliphatic carbocycles. The molecule has 1 unspecified atom stereocenters. The molecule has 1 atom stereocenters. The average Bonchev–Trinajstić information content (AvgIpc) is 2.52. The predicted molar refractivity (Wildman–Crippen MR) is 93.6 cm³/mol. The van der Waals surface area contributed by atoms with Gasteiger partial charge in [-0.15, -0.1) is 10.2 Å². The van der Waals surface area contributed by atoms with E-state index in [0.29, 0.717) is 5.95 Å². The van der Waals surface area contributed by atoms with E-state index in [9.17, 15) is 0 Å². The molecule has 0 aromatic carbocycles. The largest absolute Gasteiger partial charge is 0.381 e. The highest BCUT2D eigenvalue weighted by Gasteiger charge is 2.27. The zero-order chi connectivity index (χ0) is 16.2. The van der Waals surface area contributed by atoms with Crippen LogP contribution in [0.3, 0.4) is 0 Å². The van der Waals surface area contributed by atoms with Crippen molar-refractivity contribution < 1.29 is 0 Å². The Bertz CT molecular complexity index is 513. The van der Waals surface area contributed by atoms with Gasteiger partial charge >= 0.3 is 0 Å². The van der Waals surface area contributed by atoms with Gasteiger partial charge in [-0.05, 0) is 24.8 Å². The topological polar surface area (TPSA) is 71.2 Å². The Balaban J connectivity index is 1.45. The van der Waals surface area contributed by atoms with Gasteiger partial charge < -0.3 is 10.6 Å². The van der Waals surface area contributed by atoms with Gasteiger partial charge in [-0.25, -0.2) is 0 Å². The maximum atomic E-state index is 5.78. The van der Waals surface area contributed by atoms with Crippen LogP contribution in [0.2, 0.25) is 5.15 Å². The molecule has 0 bridgehead atoms. The summed E-state index contributed by atoms with van der Waals surface area (Å²) in [7, 11) is 0. The summed E-state index contributed by atoms with van der Waals surface area (Å²) in [6.45, 7) is 7.49. The molecule has 1 aliphatic heterocycles. The van der Waals surface area contributed by atoms with E-state index in [-0.39, 0.29) is 11.0 Å². The molecule has 2 heterocycles. The van der Waals surface area contributed by atoms with Crippen LogP contribution in [-0.4, -0.2) is 52.8 Å². The second-order valence-electron chi connectivity index (χ2n) is 6.76. The molecule has 2 fully saturated rings. The summed E-state index contributed by atoms with van der Waals surface area (Å²) in [5, 5.41) is 8.08. The van der Waals surface area contributed by atoms with Crippen molar-refractivity contribution in [3.05, 3.63) is 5.15 Å². The van der Waals surface area contributed by atoms with Crippen LogP contribution in [0.25, 0.3) is 0 Å². The van der Waals surface area contributed by atoms with Crippen molar-refractivity contribution >= 4 is 23.4 Å². The summed E-state index contributed by atoms with van der Waals surface area (Å²) >= 11 is 5.78. The van der Waals surface area contributed by atoms with E-state index in [1.807, 2.05) is 0 Å². The minimum atomic E-state index is 0.175. The number of hydrogen-bond acceptors (Lipinski definition) is 6. The number of hydrogen-bond donors (Lipinski definition) is 1. The Kier molecular flexibility index (Phi) is 5.54. The summed E-state index contributed by atoms with van der Waals surface area (Å²) in [5.41, 5.74) is 5.72. The second kappa shape index (κ2) is 7.62. The summed E-state index contributed by atoms with van der Waals surface area (Å²) in [4.78, 5) is 8.93. The first-order valence-corrected chi connectivity index (χ1v) is 9.18. The van der Waals surface area contributed by atoms with E-state index >= 15 is 0 Å². The van der Waals surface area contributed by atoms with Crippen LogP contribution in [0.4, 0.5) is 11.8 Å². The van der Waals surface area contributed by atoms with Crippen LogP contribution in [0.15, 0.2) is 0 Å². The van der Waals surface area contributed by atoms with Crippen LogP contribution in [0.1, 0.15) is 39.0 Å². The van der Waals surface area contributed by atoms with Gasteiger partial charge in [-0.2, -0.15) is 4.98 Å². The molecule has 23 heavy (non-hydrogen) atoms. The maximum Gasteiger partial charge on any atom is 0.247 e. The molecule has 1 aromatic heterocycles. The van der Waals surface area contributed by atoms with Crippen LogP contribution in [0.5, 0.6) is 0 Å². The third-order valence-electron chi connectivity index (χ3n) is 5.47. The smallest absolute Gasteiger partial charge is 0.247 e. The van der Waals surface area contributed by atoms with Gasteiger partial charge in [0.25, 0.3) is 0 Å². The highest BCUT2D eigenvalue weighted by atomic mass is 35.5. The van der Waals surface area contributed by atoms with Gasteiger partial charge in [0.1, 0.15) is 0 Å². The first-order valence-electron chi connectivity index (χ1n) is 8.80. The quantitative estimate of drug-likeness (QED) is 0.859. The molecule has 6 nitrogen and oxygen atoms in total. The Labute approximate surface area is 143 Å². The van der Waals surface area contributed by atoms with E-state index in [4.69, 9.17) is 17.3 Å². The van der Waals surface area contributed by atoms with Crippen molar-refractivity contribution in [2.75, 3.05) is 43.4 Å². The first kappa shape index (κ1) is 16.7. The highest BCUT2D eigenvalue weighted by molar-refractivity contribution is 6.31. The molecule has 1 saturated carbocycles. The van der Waals surface area contributed by atoms with Crippen LogP contribution < -0.4 is 10.6 Å². The number of piperazine rings is 1. The normalized spacial score (nSPS) is 21.2. The van der Waals surface area contributed by atoms with Gasteiger partial charge in [0.2, 0.25) is 5.95 Å². The molecule has 1 saturated heterocycles. The Morgan fingerprint density at radius 1 is 1.22 bits per heavy atom. The maximum absolute atomic E-state index is 5.78. The summed E-state index contributed by atoms with van der Waals surface area (Å²) in [6, 6.07) is 0. The Hall–Kier alpha value is -1.14. The lowest BCUT2D eigenvalue weighted by Crippen LogP contribution is -2.47. The van der Waals surface area contributed by atoms with Gasteiger partial charge in [-0.3, -0.25) is 4.90 Å². The van der Waals surface area contributed by atoms with Crippen LogP contribution in [0, 0.1) is 11.8 Å². The highest BCUT2D eigenvalue weighted by Crippen LogP contribution is 2.36. The molecule has 3 rings (SSSR count). The van der Waals surface area contributed by atoms with E-state index in [1.54, 1.807) is 0 Å². The fraction of sp³-hybridized carbons (Fsp3) is 0.812. The molecule has 2 N–H and O–H groups in total. The minimum Gasteiger partial charge on any atom is -0.381 e. The Morgan fingerprint density at radius 3 is 2.52 bits per heavy atom. The molecule has 2 aliphatic rings. The zero-order valence-electron chi connectivity index (χ0n) is 13.9. The lowest BCUT2D eigenvalue weighted by Gasteiger charge is -2.37. The van der Waals surface area contributed by atoms with Gasteiger partial charge in [-0.1, -0.05) is 44.2 Å². The molecular formula is C16H27ClN6. The van der Waals surface area contributed by atoms with Gasteiger partial charge in [0, 0.05) is 26.2 Å². The number of anilines is 2. The van der Waals surface area contributed by atoms with Gasteiger partial charge in [0.05, 0.1) is 0 Å². The van der Waals surface area contributed by atoms with E-state index in [2.05, 4.69) is 31.9 Å². The third kappa shape index (κ3) is 4.04. The molecule has 0 amide bonds. The average molecular weight is 339 g/mol. The SMILES string of the molecule is CCC(CCN1CCN(c2nnc(Cl)c(N)n2)CC1)C1CCC1. The number of nitrogens with zero attached hydrogens (tertiary/aromatic N) is 5. The number of rotatable bonds is 6. The number of nitrogen functional groups attached to an aromatic ring is 1. The second-order valence-corrected chi connectivity index (χ2v) is 7.12. The van der Waals surface area contributed by atoms with Crippen LogP contribution in [-0.2, 0) is 0 Å². The number of halogens is 1. The standard InChI is InChI=1S/C16H27ClN6/c1-2-12(13-4-3-5-13)6-7-22-8-10-23(11-9-22)16-19-15(18)14(17)20-21-16/h12-13H,2-11H2,1H3,(H2,18,19,21). The molecule has 128 valence electrons. The number of nitrogens with two attached hydrogens (primary N) is 1. The van der Waals surface area contributed by atoms with Crippen molar-refractivity contribution in [2.24, 2.45) is 11.8 Å². The third-order valence-corrected chi connectivity index (χ3v) is 5.74. The van der Waals surface area contributed by atoms with Crippen LogP contribution >= 0.6 is 11.6 Å². The van der Waals surface area contributed by atoms with Crippen molar-refractivity contribution in [3.63, 3.8) is 0 Å². The molecule has 0 radical (unpaired) electrons. The summed E-state index contributed by atoms with van der Waals surface area (Å²) in [5.74, 6) is 2.76. The molecule has 0 spiro atoms. The van der Waals surface area contributed by atoms with E-state index in [0.717, 1.165) is 38.0 Å². The van der Waals surface area contributed by atoms with Crippen molar-refractivity contribution in [2.45, 2.75) is 39.0 Å². The minimum absolute atomic E-state index is 0.175. The first-order chi connectivity index (χ1) is 11.2. The van der Waals surface area contributed by atoms with E-state index < -0.39 is 0 Å². The van der Waals surface area contributed by atoms with Crippen molar-refractivity contribution in [1.82, 2.24) is 20.1 Å². The molecular weight excluding hydrogens is 312 g/mol. The Morgan fingerprint density at radius 2 is 1.96 bits per heavy atom. The van der Waals surface area contributed by atoms with Crippen molar-refractivity contribution in [1.29, 1.82) is 0 Å². The predicted octanol–water partition coefficient (Wildman–Crippen LogP) is 2.45. The summed E-state index contributed by atoms with van der Waals surface area (Å²) < 4.78 is 0. The lowest BCUT2D eigenvalue weighted by atomic mass is 9.73. The fourth-order valence-electron chi connectivity index (χ4n) is 3.65. The number of aromatic nitrogens is 3. The monoisotopic (exact) mass is 338 g/mol.